The van der Waals surface area contributed by atoms with Crippen LogP contribution in [0.25, 0.3) is 0 Å². The summed E-state index contributed by atoms with van der Waals surface area (Å²) in [6.07, 6.45) is 0. The van der Waals surface area contributed by atoms with E-state index in [0.717, 1.165) is 20.4 Å². The first-order valence-electron chi connectivity index (χ1n) is 6.14. The van der Waals surface area contributed by atoms with Gasteiger partial charge in [0.1, 0.15) is 0 Å². The highest BCUT2D eigenvalue weighted by Crippen LogP contribution is 2.39. The molecule has 4 nitrogen and oxygen atoms in total. The summed E-state index contributed by atoms with van der Waals surface area (Å²) in [6, 6.07) is 9.95. The summed E-state index contributed by atoms with van der Waals surface area (Å²) in [5.74, 6) is -0.0515. The van der Waals surface area contributed by atoms with Crippen LogP contribution in [0.2, 0.25) is 0 Å². The lowest BCUT2D eigenvalue weighted by Crippen LogP contribution is -2.23. The van der Waals surface area contributed by atoms with E-state index < -0.39 is 15.6 Å². The minimum atomic E-state index is -5.63. The molecule has 0 bridgehead atoms. The number of halogens is 3. The average molecular weight is 414 g/mol. The molecule has 1 aromatic carbocycles. The number of ketones is 1. The number of thiophene rings is 1. The van der Waals surface area contributed by atoms with Crippen LogP contribution in [0, 0.1) is 0 Å². The number of hydrogen-bond donors (Lipinski definition) is 0. The van der Waals surface area contributed by atoms with Gasteiger partial charge in [-0.15, -0.1) is 11.3 Å². The summed E-state index contributed by atoms with van der Waals surface area (Å²) in [5.41, 5.74) is -4.87. The molecule has 0 spiro atoms. The molecule has 2 aromatic rings. The predicted octanol–water partition coefficient (Wildman–Crippen LogP) is 4.98. The maximum Gasteiger partial charge on any atom is 0.524 e. The summed E-state index contributed by atoms with van der Waals surface area (Å²) in [4.78, 5) is 12.0. The van der Waals surface area contributed by atoms with E-state index >= 15 is 0 Å². The van der Waals surface area contributed by atoms with Crippen molar-refractivity contribution in [2.24, 2.45) is 0 Å². The highest BCUT2D eigenvalue weighted by Gasteiger charge is 2.48. The SMILES string of the molecule is CC(=O)c1ccc(Sc2ccc(SOS(=O)(=O)C(F)(F)F)s2)cc1. The molecule has 2 rings (SSSR count). The zero-order chi connectivity index (χ0) is 18.0. The normalized spacial score (nSPS) is 12.3. The van der Waals surface area contributed by atoms with Crippen LogP contribution >= 0.6 is 35.1 Å². The molecular weight excluding hydrogens is 405 g/mol. The number of Topliss-reactive ketones (excluding diaryl/α,β-unsaturated/α-hetero) is 1. The summed E-state index contributed by atoms with van der Waals surface area (Å²) in [7, 11) is -5.63. The molecule has 0 aliphatic rings. The second kappa shape index (κ2) is 7.48. The Hall–Kier alpha value is -1.01. The number of alkyl halides is 3. The van der Waals surface area contributed by atoms with Crippen LogP contribution in [-0.4, -0.2) is 19.7 Å². The molecule has 0 aliphatic heterocycles. The van der Waals surface area contributed by atoms with E-state index in [1.807, 2.05) is 0 Å². The van der Waals surface area contributed by atoms with Gasteiger partial charge >= 0.3 is 15.6 Å². The minimum Gasteiger partial charge on any atom is -0.295 e. The Morgan fingerprint density at radius 3 is 2.21 bits per heavy atom. The zero-order valence-electron chi connectivity index (χ0n) is 11.9. The van der Waals surface area contributed by atoms with Crippen molar-refractivity contribution in [3.8, 4) is 0 Å². The van der Waals surface area contributed by atoms with E-state index in [0.29, 0.717) is 5.56 Å². The third-order valence-electron chi connectivity index (χ3n) is 2.53. The largest absolute Gasteiger partial charge is 0.524 e. The molecule has 24 heavy (non-hydrogen) atoms. The summed E-state index contributed by atoms with van der Waals surface area (Å²) >= 11 is 2.57. The maximum atomic E-state index is 12.2. The molecule has 0 atom stereocenters. The molecule has 0 saturated heterocycles. The van der Waals surface area contributed by atoms with Crippen molar-refractivity contribution in [1.82, 2.24) is 0 Å². The van der Waals surface area contributed by atoms with Gasteiger partial charge in [0.15, 0.2) is 5.78 Å². The standard InChI is InChI=1S/C13H9F3O4S4/c1-8(17)9-2-4-10(5-3-9)21-11-6-7-12(22-11)23-20-24(18,19)13(14,15)16/h2-7H,1H3. The molecule has 1 aromatic heterocycles. The third kappa shape index (κ3) is 4.99. The smallest absolute Gasteiger partial charge is 0.295 e. The van der Waals surface area contributed by atoms with Crippen LogP contribution in [0.3, 0.4) is 0 Å². The van der Waals surface area contributed by atoms with Crippen molar-refractivity contribution >= 4 is 51.0 Å². The first-order valence-corrected chi connectivity index (χ1v) is 9.93. The van der Waals surface area contributed by atoms with Crippen LogP contribution in [0.4, 0.5) is 13.2 Å². The molecule has 0 unspecified atom stereocenters. The molecular formula is C13H9F3O4S4. The van der Waals surface area contributed by atoms with Gasteiger partial charge in [0, 0.05) is 10.5 Å². The Balaban J connectivity index is 1.99. The van der Waals surface area contributed by atoms with Crippen molar-refractivity contribution < 1.29 is 30.0 Å². The summed E-state index contributed by atoms with van der Waals surface area (Å²) in [6.45, 7) is 1.46. The summed E-state index contributed by atoms with van der Waals surface area (Å²) < 4.78 is 63.0. The average Bonchev–Trinajstić information content (AvgIpc) is 2.92. The van der Waals surface area contributed by atoms with E-state index in [4.69, 9.17) is 0 Å². The van der Waals surface area contributed by atoms with E-state index in [-0.39, 0.29) is 22.0 Å². The molecule has 130 valence electrons. The van der Waals surface area contributed by atoms with Crippen LogP contribution in [0.15, 0.2) is 49.7 Å². The van der Waals surface area contributed by atoms with Gasteiger partial charge in [-0.1, -0.05) is 23.9 Å². The van der Waals surface area contributed by atoms with Crippen molar-refractivity contribution in [2.45, 2.75) is 25.7 Å². The monoisotopic (exact) mass is 414 g/mol. The van der Waals surface area contributed by atoms with Crippen molar-refractivity contribution in [3.63, 3.8) is 0 Å². The second-order valence-electron chi connectivity index (χ2n) is 4.31. The fourth-order valence-electron chi connectivity index (χ4n) is 1.39. The second-order valence-corrected chi connectivity index (χ2v) is 9.55. The lowest BCUT2D eigenvalue weighted by molar-refractivity contribution is -0.0494. The Bertz CT molecular complexity index is 826. The molecule has 1 heterocycles. The van der Waals surface area contributed by atoms with Crippen molar-refractivity contribution in [2.75, 3.05) is 0 Å². The van der Waals surface area contributed by atoms with Gasteiger partial charge < -0.3 is 0 Å². The van der Waals surface area contributed by atoms with Gasteiger partial charge in [0.05, 0.1) is 20.5 Å². The Morgan fingerprint density at radius 2 is 1.67 bits per heavy atom. The number of carbonyl (C=O) groups excluding carboxylic acids is 1. The van der Waals surface area contributed by atoms with Crippen LogP contribution < -0.4 is 0 Å². The topological polar surface area (TPSA) is 60.4 Å². The lowest BCUT2D eigenvalue weighted by atomic mass is 10.2. The summed E-state index contributed by atoms with van der Waals surface area (Å²) in [5, 5.41) is 0. The maximum absolute atomic E-state index is 12.2. The first kappa shape index (κ1) is 19.3. The van der Waals surface area contributed by atoms with Crippen LogP contribution in [0.1, 0.15) is 17.3 Å². The fraction of sp³-hybridized carbons (Fsp3) is 0.154. The van der Waals surface area contributed by atoms with Gasteiger partial charge in [-0.25, -0.2) is 0 Å². The fourth-order valence-corrected chi connectivity index (χ4v) is 5.10. The van der Waals surface area contributed by atoms with Crippen molar-refractivity contribution in [1.29, 1.82) is 0 Å². The van der Waals surface area contributed by atoms with Gasteiger partial charge in [-0.2, -0.15) is 25.2 Å². The molecule has 0 aliphatic carbocycles. The highest BCUT2D eigenvalue weighted by atomic mass is 32.3. The molecule has 0 amide bonds. The van der Waals surface area contributed by atoms with Gasteiger partial charge in [-0.3, -0.25) is 4.79 Å². The Kier molecular flexibility index (Phi) is 6.02. The van der Waals surface area contributed by atoms with E-state index in [1.165, 1.54) is 24.8 Å². The molecule has 11 heteroatoms. The van der Waals surface area contributed by atoms with E-state index in [1.54, 1.807) is 30.3 Å². The van der Waals surface area contributed by atoms with E-state index in [9.17, 15) is 26.4 Å². The number of rotatable bonds is 6. The van der Waals surface area contributed by atoms with Crippen LogP contribution in [0.5, 0.6) is 0 Å². The number of hydrogen-bond acceptors (Lipinski definition) is 7. The Labute approximate surface area is 148 Å². The van der Waals surface area contributed by atoms with E-state index in [2.05, 4.69) is 3.63 Å². The molecule has 0 fully saturated rings. The first-order chi connectivity index (χ1) is 11.1. The van der Waals surface area contributed by atoms with Crippen LogP contribution in [-0.2, 0) is 13.7 Å². The lowest BCUT2D eigenvalue weighted by Gasteiger charge is -2.05. The van der Waals surface area contributed by atoms with Crippen molar-refractivity contribution in [3.05, 3.63) is 42.0 Å². The Morgan fingerprint density at radius 1 is 1.08 bits per heavy atom. The zero-order valence-corrected chi connectivity index (χ0v) is 15.1. The quantitative estimate of drug-likeness (QED) is 0.378. The third-order valence-corrected chi connectivity index (χ3v) is 6.86. The number of benzene rings is 1. The van der Waals surface area contributed by atoms with Gasteiger partial charge in [-0.05, 0) is 31.2 Å². The highest BCUT2D eigenvalue weighted by molar-refractivity contribution is 8.06. The van der Waals surface area contributed by atoms with Gasteiger partial charge in [0.2, 0.25) is 0 Å². The minimum absolute atomic E-state index is 0.0515. The number of carbonyl (C=O) groups is 1. The molecule has 0 N–H and O–H groups in total. The van der Waals surface area contributed by atoms with Gasteiger partial charge in [0.25, 0.3) is 0 Å². The molecule has 0 radical (unpaired) electrons. The molecule has 0 saturated carbocycles. The predicted molar refractivity (Wildman–Crippen MR) is 86.8 cm³/mol.